The minimum atomic E-state index is -0.489. The van der Waals surface area contributed by atoms with Gasteiger partial charge in [0.1, 0.15) is 6.61 Å². The molecule has 0 amide bonds. The first kappa shape index (κ1) is 12.4. The lowest BCUT2D eigenvalue weighted by molar-refractivity contribution is -0.149. The van der Waals surface area contributed by atoms with Gasteiger partial charge >= 0.3 is 5.97 Å². The number of benzene rings is 1. The Labute approximate surface area is 94.9 Å². The summed E-state index contributed by atoms with van der Waals surface area (Å²) in [5, 5.41) is 3.54. The van der Waals surface area contributed by atoms with Crippen LogP contribution in [0.2, 0.25) is 0 Å². The van der Waals surface area contributed by atoms with E-state index in [1.807, 2.05) is 30.3 Å². The summed E-state index contributed by atoms with van der Waals surface area (Å²) in [6.07, 6.45) is 0. The van der Waals surface area contributed by atoms with Crippen molar-refractivity contribution in [2.75, 3.05) is 6.61 Å². The van der Waals surface area contributed by atoms with Crippen LogP contribution in [0.4, 0.5) is 0 Å². The van der Waals surface area contributed by atoms with Gasteiger partial charge in [-0.15, -0.1) is 0 Å². The van der Waals surface area contributed by atoms with E-state index in [-0.39, 0.29) is 6.61 Å². The normalized spacial score (nSPS) is 9.62. The summed E-state index contributed by atoms with van der Waals surface area (Å²) in [5.74, 6) is -0.489. The number of carbonyl (C=O) groups is 1. The lowest BCUT2D eigenvalue weighted by atomic mass is 10.2. The fraction of sp³-hybridized carbons (Fsp3) is 0.333. The second kappa shape index (κ2) is 6.74. The van der Waals surface area contributed by atoms with Crippen molar-refractivity contribution in [1.29, 1.82) is 0 Å². The number of hydrogen-bond acceptors (Lipinski definition) is 4. The fourth-order valence-corrected chi connectivity index (χ4v) is 0.995. The zero-order valence-corrected chi connectivity index (χ0v) is 9.47. The number of hydrogen-bond donors (Lipinski definition) is 0. The Balaban J connectivity index is 2.21. The third-order valence-electron chi connectivity index (χ3n) is 1.66. The number of rotatable bonds is 5. The van der Waals surface area contributed by atoms with Crippen LogP contribution >= 0.6 is 0 Å². The lowest BCUT2D eigenvalue weighted by Crippen LogP contribution is -2.10. The van der Waals surface area contributed by atoms with Crippen molar-refractivity contribution in [3.05, 3.63) is 35.9 Å². The van der Waals surface area contributed by atoms with Crippen LogP contribution in [0.25, 0.3) is 0 Å². The van der Waals surface area contributed by atoms with Crippen LogP contribution in [0.5, 0.6) is 0 Å². The molecule has 0 spiro atoms. The Morgan fingerprint density at radius 3 is 2.56 bits per heavy atom. The number of carbonyl (C=O) groups excluding carboxylic acids is 1. The fourth-order valence-electron chi connectivity index (χ4n) is 0.995. The monoisotopic (exact) mass is 221 g/mol. The van der Waals surface area contributed by atoms with Gasteiger partial charge in [0.05, 0.1) is 12.3 Å². The standard InChI is InChI=1S/C12H15NO3/c1-10(2)13-16-12(14)9-15-8-11-6-4-3-5-7-11/h3-7H,8-9H2,1-2H3. The maximum atomic E-state index is 11.1. The Morgan fingerprint density at radius 1 is 1.25 bits per heavy atom. The van der Waals surface area contributed by atoms with Crippen LogP contribution in [0.3, 0.4) is 0 Å². The van der Waals surface area contributed by atoms with Gasteiger partial charge in [0.15, 0.2) is 0 Å². The minimum absolute atomic E-state index is 0.0916. The van der Waals surface area contributed by atoms with Crippen molar-refractivity contribution >= 4 is 11.7 Å². The Bertz CT molecular complexity index is 356. The molecule has 0 aliphatic heterocycles. The Hall–Kier alpha value is -1.68. The summed E-state index contributed by atoms with van der Waals surface area (Å²) in [4.78, 5) is 15.6. The molecular weight excluding hydrogens is 206 g/mol. The lowest BCUT2D eigenvalue weighted by Gasteiger charge is -2.02. The van der Waals surface area contributed by atoms with Gasteiger partial charge in [0.25, 0.3) is 0 Å². The summed E-state index contributed by atoms with van der Waals surface area (Å²) < 4.78 is 5.17. The van der Waals surface area contributed by atoms with Crippen molar-refractivity contribution in [3.8, 4) is 0 Å². The van der Waals surface area contributed by atoms with Crippen LogP contribution in [0.1, 0.15) is 19.4 Å². The van der Waals surface area contributed by atoms with E-state index in [9.17, 15) is 4.79 Å². The highest BCUT2D eigenvalue weighted by molar-refractivity contribution is 5.80. The van der Waals surface area contributed by atoms with E-state index in [2.05, 4.69) is 9.99 Å². The molecule has 0 unspecified atom stereocenters. The maximum Gasteiger partial charge on any atom is 0.360 e. The first-order valence-electron chi connectivity index (χ1n) is 5.01. The molecule has 0 N–H and O–H groups in total. The zero-order chi connectivity index (χ0) is 11.8. The van der Waals surface area contributed by atoms with E-state index in [0.29, 0.717) is 12.3 Å². The number of oxime groups is 1. The van der Waals surface area contributed by atoms with Crippen LogP contribution < -0.4 is 0 Å². The topological polar surface area (TPSA) is 47.9 Å². The molecule has 4 nitrogen and oxygen atoms in total. The molecule has 1 aromatic rings. The van der Waals surface area contributed by atoms with Gasteiger partial charge in [-0.05, 0) is 19.4 Å². The second-order valence-corrected chi connectivity index (χ2v) is 3.48. The first-order chi connectivity index (χ1) is 7.68. The second-order valence-electron chi connectivity index (χ2n) is 3.48. The molecule has 0 saturated heterocycles. The van der Waals surface area contributed by atoms with E-state index < -0.39 is 5.97 Å². The minimum Gasteiger partial charge on any atom is -0.365 e. The van der Waals surface area contributed by atoms with Gasteiger partial charge in [-0.3, -0.25) is 0 Å². The predicted octanol–water partition coefficient (Wildman–Crippen LogP) is 2.14. The number of ether oxygens (including phenoxy) is 1. The molecule has 86 valence electrons. The van der Waals surface area contributed by atoms with Gasteiger partial charge in [-0.25, -0.2) is 4.79 Å². The molecule has 1 rings (SSSR count). The van der Waals surface area contributed by atoms with Crippen molar-refractivity contribution in [3.63, 3.8) is 0 Å². The Morgan fingerprint density at radius 2 is 1.94 bits per heavy atom. The summed E-state index contributed by atoms with van der Waals surface area (Å²) in [6.45, 7) is 3.80. The molecule has 0 aliphatic rings. The average Bonchev–Trinajstić information content (AvgIpc) is 2.28. The highest BCUT2D eigenvalue weighted by Crippen LogP contribution is 2.00. The quantitative estimate of drug-likeness (QED) is 0.435. The average molecular weight is 221 g/mol. The molecule has 0 heterocycles. The molecule has 1 aromatic carbocycles. The molecule has 0 aromatic heterocycles. The van der Waals surface area contributed by atoms with Crippen LogP contribution in [-0.2, 0) is 21.0 Å². The maximum absolute atomic E-state index is 11.1. The van der Waals surface area contributed by atoms with Crippen molar-refractivity contribution in [2.45, 2.75) is 20.5 Å². The van der Waals surface area contributed by atoms with E-state index in [1.54, 1.807) is 13.8 Å². The van der Waals surface area contributed by atoms with Gasteiger partial charge in [-0.2, -0.15) is 0 Å². The van der Waals surface area contributed by atoms with Gasteiger partial charge in [-0.1, -0.05) is 35.5 Å². The van der Waals surface area contributed by atoms with Crippen LogP contribution in [0, 0.1) is 0 Å². The van der Waals surface area contributed by atoms with E-state index >= 15 is 0 Å². The zero-order valence-electron chi connectivity index (χ0n) is 9.47. The Kier molecular flexibility index (Phi) is 5.22. The first-order valence-corrected chi connectivity index (χ1v) is 5.01. The van der Waals surface area contributed by atoms with Crippen LogP contribution in [-0.4, -0.2) is 18.3 Å². The molecular formula is C12H15NO3. The third-order valence-corrected chi connectivity index (χ3v) is 1.66. The molecule has 0 radical (unpaired) electrons. The third kappa shape index (κ3) is 5.26. The van der Waals surface area contributed by atoms with Crippen molar-refractivity contribution in [1.82, 2.24) is 0 Å². The molecule has 0 aliphatic carbocycles. The summed E-state index contributed by atoms with van der Waals surface area (Å²) in [5.41, 5.74) is 1.71. The molecule has 0 saturated carbocycles. The summed E-state index contributed by atoms with van der Waals surface area (Å²) >= 11 is 0. The number of nitrogens with zero attached hydrogens (tertiary/aromatic N) is 1. The largest absolute Gasteiger partial charge is 0.365 e. The van der Waals surface area contributed by atoms with Crippen molar-refractivity contribution < 1.29 is 14.4 Å². The predicted molar refractivity (Wildman–Crippen MR) is 61.0 cm³/mol. The molecule has 0 bridgehead atoms. The molecule has 0 atom stereocenters. The van der Waals surface area contributed by atoms with E-state index in [4.69, 9.17) is 4.74 Å². The van der Waals surface area contributed by atoms with Crippen LogP contribution in [0.15, 0.2) is 35.5 Å². The van der Waals surface area contributed by atoms with Gasteiger partial charge in [0, 0.05) is 0 Å². The van der Waals surface area contributed by atoms with Gasteiger partial charge < -0.3 is 9.57 Å². The van der Waals surface area contributed by atoms with Gasteiger partial charge in [0.2, 0.25) is 0 Å². The summed E-state index contributed by atoms with van der Waals surface area (Å²) in [7, 11) is 0. The highest BCUT2D eigenvalue weighted by Gasteiger charge is 2.02. The molecule has 16 heavy (non-hydrogen) atoms. The van der Waals surface area contributed by atoms with E-state index in [0.717, 1.165) is 5.56 Å². The van der Waals surface area contributed by atoms with Crippen molar-refractivity contribution in [2.24, 2.45) is 5.16 Å². The SMILES string of the molecule is CC(C)=NOC(=O)COCc1ccccc1. The van der Waals surface area contributed by atoms with E-state index in [1.165, 1.54) is 0 Å². The highest BCUT2D eigenvalue weighted by atomic mass is 16.7. The molecule has 0 fully saturated rings. The smallest absolute Gasteiger partial charge is 0.360 e. The molecule has 4 heteroatoms. The summed E-state index contributed by atoms with van der Waals surface area (Å²) in [6, 6.07) is 9.62.